The number of halogens is 2. The van der Waals surface area contributed by atoms with Gasteiger partial charge in [-0.15, -0.1) is 0 Å². The van der Waals surface area contributed by atoms with E-state index in [1.165, 1.54) is 18.7 Å². The average Bonchev–Trinajstić information content (AvgIpc) is 2.32. The van der Waals surface area contributed by atoms with Crippen LogP contribution in [0.2, 0.25) is 5.02 Å². The van der Waals surface area contributed by atoms with Crippen LogP contribution in [-0.2, 0) is 4.79 Å². The third-order valence-corrected chi connectivity index (χ3v) is 4.09. The number of carbonyl (C=O) groups is 2. The van der Waals surface area contributed by atoms with E-state index >= 15 is 0 Å². The first-order valence-electron chi connectivity index (χ1n) is 5.72. The highest BCUT2D eigenvalue weighted by molar-refractivity contribution is 14.1. The van der Waals surface area contributed by atoms with Crippen molar-refractivity contribution in [3.63, 3.8) is 0 Å². The van der Waals surface area contributed by atoms with Crippen molar-refractivity contribution in [1.29, 1.82) is 0 Å². The van der Waals surface area contributed by atoms with Crippen LogP contribution in [0.15, 0.2) is 18.2 Å². The summed E-state index contributed by atoms with van der Waals surface area (Å²) in [5.41, 5.74) is -0.846. The van der Waals surface area contributed by atoms with E-state index in [-0.39, 0.29) is 5.91 Å². The van der Waals surface area contributed by atoms with E-state index in [1.807, 2.05) is 22.6 Å². The highest BCUT2D eigenvalue weighted by Crippen LogP contribution is 2.23. The molecule has 0 fully saturated rings. The maximum absolute atomic E-state index is 12.5. The van der Waals surface area contributed by atoms with Crippen molar-refractivity contribution < 1.29 is 14.7 Å². The van der Waals surface area contributed by atoms with E-state index < -0.39 is 11.5 Å². The molecule has 0 unspecified atom stereocenters. The van der Waals surface area contributed by atoms with Gasteiger partial charge in [0.05, 0.1) is 5.56 Å². The van der Waals surface area contributed by atoms with E-state index in [9.17, 15) is 14.7 Å². The van der Waals surface area contributed by atoms with Crippen molar-refractivity contribution in [2.45, 2.75) is 26.3 Å². The van der Waals surface area contributed by atoms with Crippen LogP contribution < -0.4 is 0 Å². The molecule has 1 aromatic rings. The number of aliphatic carboxylic acids is 1. The van der Waals surface area contributed by atoms with Gasteiger partial charge in [0.1, 0.15) is 5.54 Å². The second-order valence-electron chi connectivity index (χ2n) is 4.54. The molecule has 0 aliphatic carbocycles. The zero-order valence-corrected chi connectivity index (χ0v) is 13.8. The zero-order valence-electron chi connectivity index (χ0n) is 10.9. The third kappa shape index (κ3) is 3.39. The van der Waals surface area contributed by atoms with E-state index in [4.69, 9.17) is 11.6 Å². The number of hydrogen-bond donors (Lipinski definition) is 1. The molecule has 0 radical (unpaired) electrons. The van der Waals surface area contributed by atoms with Crippen molar-refractivity contribution in [2.24, 2.45) is 0 Å². The quantitative estimate of drug-likeness (QED) is 0.796. The van der Waals surface area contributed by atoms with Crippen molar-refractivity contribution in [1.82, 2.24) is 4.90 Å². The van der Waals surface area contributed by atoms with Crippen LogP contribution in [0.5, 0.6) is 0 Å². The summed E-state index contributed by atoms with van der Waals surface area (Å²) in [6, 6.07) is 4.99. The lowest BCUT2D eigenvalue weighted by Crippen LogP contribution is -2.53. The number of carbonyl (C=O) groups excluding carboxylic acids is 1. The molecule has 6 heteroatoms. The van der Waals surface area contributed by atoms with E-state index in [0.717, 1.165) is 3.57 Å². The van der Waals surface area contributed by atoms with Crippen molar-refractivity contribution >= 4 is 46.1 Å². The number of amides is 1. The minimum absolute atomic E-state index is 0.306. The first kappa shape index (κ1) is 16.2. The molecule has 0 aliphatic heterocycles. The lowest BCUT2D eigenvalue weighted by Gasteiger charge is -2.34. The molecule has 1 aromatic carbocycles. The van der Waals surface area contributed by atoms with Gasteiger partial charge in [0.2, 0.25) is 0 Å². The van der Waals surface area contributed by atoms with Gasteiger partial charge in [0, 0.05) is 15.1 Å². The Hall–Kier alpha value is -0.820. The fourth-order valence-electron chi connectivity index (χ4n) is 1.71. The molecular weight excluding hydrogens is 381 g/mol. The predicted octanol–water partition coefficient (Wildman–Crippen LogP) is 3.27. The molecule has 4 nitrogen and oxygen atoms in total. The maximum Gasteiger partial charge on any atom is 0.329 e. The summed E-state index contributed by atoms with van der Waals surface area (Å²) in [6.07, 6.45) is 0. The smallest absolute Gasteiger partial charge is 0.329 e. The fraction of sp³-hybridized carbons (Fsp3) is 0.385. The van der Waals surface area contributed by atoms with Gasteiger partial charge in [0.25, 0.3) is 5.91 Å². The Labute approximate surface area is 130 Å². The summed E-state index contributed by atoms with van der Waals surface area (Å²) in [5.74, 6) is -1.37. The summed E-state index contributed by atoms with van der Waals surface area (Å²) < 4.78 is 0.742. The molecule has 0 aliphatic rings. The first-order valence-corrected chi connectivity index (χ1v) is 7.18. The minimum atomic E-state index is -1.27. The molecule has 0 heterocycles. The second-order valence-corrected chi connectivity index (χ2v) is 6.14. The SMILES string of the molecule is CCN(C(=O)c1cc(Cl)ccc1I)C(C)(C)C(=O)O. The topological polar surface area (TPSA) is 57.6 Å². The maximum atomic E-state index is 12.5. The number of nitrogens with zero attached hydrogens (tertiary/aromatic N) is 1. The molecule has 0 spiro atoms. The zero-order chi connectivity index (χ0) is 14.8. The third-order valence-electron chi connectivity index (χ3n) is 2.92. The Morgan fingerprint density at radius 1 is 1.42 bits per heavy atom. The van der Waals surface area contributed by atoms with Crippen LogP contribution in [-0.4, -0.2) is 34.0 Å². The molecule has 0 atom stereocenters. The van der Waals surface area contributed by atoms with Crippen LogP contribution in [0.25, 0.3) is 0 Å². The van der Waals surface area contributed by atoms with Gasteiger partial charge in [-0.2, -0.15) is 0 Å². The predicted molar refractivity (Wildman–Crippen MR) is 82.6 cm³/mol. The van der Waals surface area contributed by atoms with Crippen LogP contribution in [0.4, 0.5) is 0 Å². The normalized spacial score (nSPS) is 11.2. The van der Waals surface area contributed by atoms with Crippen LogP contribution in [0.3, 0.4) is 0 Å². The van der Waals surface area contributed by atoms with Gasteiger partial charge >= 0.3 is 5.97 Å². The van der Waals surface area contributed by atoms with Crippen molar-refractivity contribution in [3.8, 4) is 0 Å². The molecule has 19 heavy (non-hydrogen) atoms. The lowest BCUT2D eigenvalue weighted by molar-refractivity contribution is -0.147. The number of carboxylic acids is 1. The summed E-state index contributed by atoms with van der Waals surface area (Å²) in [6.45, 7) is 5.07. The van der Waals surface area contributed by atoms with Gasteiger partial charge in [-0.25, -0.2) is 4.79 Å². The van der Waals surface area contributed by atoms with Crippen LogP contribution in [0, 0.1) is 3.57 Å². The average molecular weight is 396 g/mol. The van der Waals surface area contributed by atoms with Crippen LogP contribution >= 0.6 is 34.2 Å². The highest BCUT2D eigenvalue weighted by Gasteiger charge is 2.37. The van der Waals surface area contributed by atoms with Gasteiger partial charge in [0.15, 0.2) is 0 Å². The number of rotatable bonds is 4. The fourth-order valence-corrected chi connectivity index (χ4v) is 2.45. The Bertz CT molecular complexity index is 517. The monoisotopic (exact) mass is 395 g/mol. The van der Waals surface area contributed by atoms with Gasteiger partial charge < -0.3 is 10.0 Å². The molecule has 0 saturated carbocycles. The van der Waals surface area contributed by atoms with Gasteiger partial charge in [-0.05, 0) is 61.6 Å². The Balaban J connectivity index is 3.23. The molecule has 1 rings (SSSR count). The number of benzene rings is 1. The number of likely N-dealkylation sites (N-methyl/N-ethyl adjacent to an activating group) is 1. The molecule has 0 saturated heterocycles. The van der Waals surface area contributed by atoms with E-state index in [1.54, 1.807) is 25.1 Å². The molecule has 0 aromatic heterocycles. The van der Waals surface area contributed by atoms with Crippen molar-refractivity contribution in [2.75, 3.05) is 6.54 Å². The van der Waals surface area contributed by atoms with Gasteiger partial charge in [-0.1, -0.05) is 11.6 Å². The molecule has 1 N–H and O–H groups in total. The summed E-state index contributed by atoms with van der Waals surface area (Å²) in [7, 11) is 0. The largest absolute Gasteiger partial charge is 0.480 e. The Morgan fingerprint density at radius 2 is 2.00 bits per heavy atom. The van der Waals surface area contributed by atoms with Crippen LogP contribution in [0.1, 0.15) is 31.1 Å². The number of carboxylic acid groups (broad SMARTS) is 1. The van der Waals surface area contributed by atoms with E-state index in [2.05, 4.69) is 0 Å². The Morgan fingerprint density at radius 3 is 2.47 bits per heavy atom. The molecular formula is C13H15ClINO3. The Kier molecular flexibility index (Phi) is 5.20. The van der Waals surface area contributed by atoms with Crippen molar-refractivity contribution in [3.05, 3.63) is 32.4 Å². The standard InChI is InChI=1S/C13H15ClINO3/c1-4-16(13(2,3)12(18)19)11(17)9-7-8(14)5-6-10(9)15/h5-7H,4H2,1-3H3,(H,18,19). The van der Waals surface area contributed by atoms with E-state index in [0.29, 0.717) is 17.1 Å². The summed E-state index contributed by atoms with van der Waals surface area (Å²) >= 11 is 7.93. The molecule has 1 amide bonds. The molecule has 104 valence electrons. The minimum Gasteiger partial charge on any atom is -0.480 e. The first-order chi connectivity index (χ1) is 8.71. The highest BCUT2D eigenvalue weighted by atomic mass is 127. The van der Waals surface area contributed by atoms with Gasteiger partial charge in [-0.3, -0.25) is 4.79 Å². The number of hydrogen-bond acceptors (Lipinski definition) is 2. The summed E-state index contributed by atoms with van der Waals surface area (Å²) in [4.78, 5) is 25.1. The molecule has 0 bridgehead atoms. The summed E-state index contributed by atoms with van der Waals surface area (Å²) in [5, 5.41) is 9.69. The lowest BCUT2D eigenvalue weighted by atomic mass is 10.0. The second kappa shape index (κ2) is 6.09.